The third kappa shape index (κ3) is 4.99. The molecule has 0 spiro atoms. The van der Waals surface area contributed by atoms with Crippen LogP contribution in [0.2, 0.25) is 0 Å². The number of carbonyl (C=O) groups is 2. The van der Waals surface area contributed by atoms with Gasteiger partial charge in [-0.25, -0.2) is 8.42 Å². The summed E-state index contributed by atoms with van der Waals surface area (Å²) in [6.45, 7) is 0. The number of rotatable bonds is 4. The van der Waals surface area contributed by atoms with Crippen LogP contribution in [-0.4, -0.2) is 42.7 Å². The lowest BCUT2D eigenvalue weighted by Crippen LogP contribution is -2.42. The van der Waals surface area contributed by atoms with Gasteiger partial charge in [0.25, 0.3) is 5.91 Å². The quantitative estimate of drug-likeness (QED) is 0.731. The molecule has 1 heterocycles. The Labute approximate surface area is 141 Å². The maximum atomic E-state index is 11.9. The smallest absolute Gasteiger partial charge is 0.270 e. The van der Waals surface area contributed by atoms with E-state index in [-0.39, 0.29) is 28.4 Å². The monoisotopic (exact) mass is 406 g/mol. The molecule has 1 atom stereocenters. The van der Waals surface area contributed by atoms with Crippen LogP contribution in [0.25, 0.3) is 0 Å². The van der Waals surface area contributed by atoms with E-state index in [2.05, 4.69) is 26.8 Å². The molecule has 9 heteroatoms. The van der Waals surface area contributed by atoms with Gasteiger partial charge in [-0.3, -0.25) is 20.4 Å². The summed E-state index contributed by atoms with van der Waals surface area (Å²) < 4.78 is 23.3. The van der Waals surface area contributed by atoms with Gasteiger partial charge in [-0.1, -0.05) is 12.1 Å². The molecule has 1 aromatic rings. The summed E-state index contributed by atoms with van der Waals surface area (Å²) >= 11 is 4.55. The summed E-state index contributed by atoms with van der Waals surface area (Å²) in [5.74, 6) is -0.376. The molecule has 0 unspecified atom stereocenters. The number of nitrogens with one attached hydrogen (secondary N) is 2. The molecule has 2 amide bonds. The second kappa shape index (κ2) is 7.47. The standard InChI is InChI=1S/C13H15BrN2O4S2/c14-11-4-2-1-3-10(11)13(18)16-15-12(17)7-21-9-5-6-22(19,20)8-9/h1-4,9H,5-8H2,(H,15,17)(H,16,18)/t9-/m0/s1. The Morgan fingerprint density at radius 3 is 2.64 bits per heavy atom. The van der Waals surface area contributed by atoms with E-state index in [0.29, 0.717) is 16.5 Å². The normalized spacial score (nSPS) is 19.6. The molecule has 2 rings (SSSR count). The molecule has 1 aromatic carbocycles. The van der Waals surface area contributed by atoms with Crippen molar-refractivity contribution < 1.29 is 18.0 Å². The molecule has 22 heavy (non-hydrogen) atoms. The summed E-state index contributed by atoms with van der Waals surface area (Å²) in [5.41, 5.74) is 5.07. The maximum Gasteiger partial charge on any atom is 0.270 e. The SMILES string of the molecule is O=C(CS[C@H]1CCS(=O)(=O)C1)NNC(=O)c1ccccc1Br. The van der Waals surface area contributed by atoms with E-state index >= 15 is 0 Å². The number of thioether (sulfide) groups is 1. The predicted octanol–water partition coefficient (Wildman–Crippen LogP) is 1.13. The van der Waals surface area contributed by atoms with E-state index < -0.39 is 15.7 Å². The molecule has 0 radical (unpaired) electrons. The van der Waals surface area contributed by atoms with E-state index in [1.54, 1.807) is 24.3 Å². The summed E-state index contributed by atoms with van der Waals surface area (Å²) in [6.07, 6.45) is 0.573. The predicted molar refractivity (Wildman–Crippen MR) is 89.3 cm³/mol. The Morgan fingerprint density at radius 2 is 2.00 bits per heavy atom. The average Bonchev–Trinajstić information content (AvgIpc) is 2.82. The number of halogens is 1. The molecule has 0 aromatic heterocycles. The molecule has 1 fully saturated rings. The van der Waals surface area contributed by atoms with Crippen LogP contribution in [0.15, 0.2) is 28.7 Å². The number of hydrogen-bond donors (Lipinski definition) is 2. The zero-order valence-electron chi connectivity index (χ0n) is 11.5. The van der Waals surface area contributed by atoms with Crippen LogP contribution < -0.4 is 10.9 Å². The summed E-state index contributed by atoms with van der Waals surface area (Å²) in [4.78, 5) is 23.5. The van der Waals surface area contributed by atoms with Crippen molar-refractivity contribution in [1.29, 1.82) is 0 Å². The fourth-order valence-electron chi connectivity index (χ4n) is 1.96. The Balaban J connectivity index is 1.74. The van der Waals surface area contributed by atoms with Crippen molar-refractivity contribution in [1.82, 2.24) is 10.9 Å². The minimum Gasteiger partial charge on any atom is -0.272 e. The summed E-state index contributed by atoms with van der Waals surface area (Å²) in [6, 6.07) is 6.86. The Kier molecular flexibility index (Phi) is 5.87. The Morgan fingerprint density at radius 1 is 1.27 bits per heavy atom. The van der Waals surface area contributed by atoms with Gasteiger partial charge < -0.3 is 0 Å². The maximum absolute atomic E-state index is 11.9. The van der Waals surface area contributed by atoms with E-state index in [1.165, 1.54) is 11.8 Å². The molecule has 120 valence electrons. The summed E-state index contributed by atoms with van der Waals surface area (Å²) in [7, 11) is -2.94. The zero-order valence-corrected chi connectivity index (χ0v) is 14.8. The van der Waals surface area contributed by atoms with Gasteiger partial charge in [0.05, 0.1) is 22.8 Å². The molecular weight excluding hydrogens is 392 g/mol. The van der Waals surface area contributed by atoms with Crippen LogP contribution in [0.5, 0.6) is 0 Å². The van der Waals surface area contributed by atoms with E-state index in [1.807, 2.05) is 0 Å². The van der Waals surface area contributed by atoms with Crippen LogP contribution in [0.3, 0.4) is 0 Å². The molecule has 0 saturated carbocycles. The van der Waals surface area contributed by atoms with Crippen molar-refractivity contribution in [3.63, 3.8) is 0 Å². The van der Waals surface area contributed by atoms with E-state index in [0.717, 1.165) is 0 Å². The van der Waals surface area contributed by atoms with Gasteiger partial charge in [0.1, 0.15) is 0 Å². The van der Waals surface area contributed by atoms with Crippen LogP contribution in [0, 0.1) is 0 Å². The molecular formula is C13H15BrN2O4S2. The van der Waals surface area contributed by atoms with Gasteiger partial charge >= 0.3 is 0 Å². The highest BCUT2D eigenvalue weighted by molar-refractivity contribution is 9.10. The van der Waals surface area contributed by atoms with Crippen LogP contribution in [-0.2, 0) is 14.6 Å². The lowest BCUT2D eigenvalue weighted by Gasteiger charge is -2.10. The van der Waals surface area contributed by atoms with Crippen molar-refractivity contribution >= 4 is 49.3 Å². The van der Waals surface area contributed by atoms with Gasteiger partial charge in [0.2, 0.25) is 5.91 Å². The topological polar surface area (TPSA) is 92.3 Å². The second-order valence-electron chi connectivity index (χ2n) is 4.82. The van der Waals surface area contributed by atoms with E-state index in [9.17, 15) is 18.0 Å². The van der Waals surface area contributed by atoms with Gasteiger partial charge in [0, 0.05) is 9.72 Å². The zero-order chi connectivity index (χ0) is 16.2. The van der Waals surface area contributed by atoms with Crippen LogP contribution >= 0.6 is 27.7 Å². The first kappa shape index (κ1) is 17.3. The lowest BCUT2D eigenvalue weighted by atomic mass is 10.2. The van der Waals surface area contributed by atoms with Crippen molar-refractivity contribution in [2.24, 2.45) is 0 Å². The molecule has 1 saturated heterocycles. The number of carbonyl (C=O) groups excluding carboxylic acids is 2. The number of hydrogen-bond acceptors (Lipinski definition) is 5. The number of amides is 2. The molecule has 0 aliphatic carbocycles. The first-order valence-electron chi connectivity index (χ1n) is 6.53. The largest absolute Gasteiger partial charge is 0.272 e. The first-order chi connectivity index (χ1) is 10.4. The minimum atomic E-state index is -2.94. The van der Waals surface area contributed by atoms with Crippen LogP contribution in [0.1, 0.15) is 16.8 Å². The molecule has 1 aliphatic rings. The van der Waals surface area contributed by atoms with Crippen molar-refractivity contribution in [3.8, 4) is 0 Å². The van der Waals surface area contributed by atoms with E-state index in [4.69, 9.17) is 0 Å². The summed E-state index contributed by atoms with van der Waals surface area (Å²) in [5, 5.41) is -0.0466. The average molecular weight is 407 g/mol. The minimum absolute atomic E-state index is 0.0466. The second-order valence-corrected chi connectivity index (χ2v) is 9.19. The van der Waals surface area contributed by atoms with Gasteiger partial charge in [0.15, 0.2) is 9.84 Å². The van der Waals surface area contributed by atoms with Gasteiger partial charge in [-0.15, -0.1) is 11.8 Å². The highest BCUT2D eigenvalue weighted by Crippen LogP contribution is 2.23. The van der Waals surface area contributed by atoms with Crippen molar-refractivity contribution in [3.05, 3.63) is 34.3 Å². The Bertz CT molecular complexity index is 678. The highest BCUT2D eigenvalue weighted by atomic mass is 79.9. The molecule has 1 aliphatic heterocycles. The van der Waals surface area contributed by atoms with Gasteiger partial charge in [-0.2, -0.15) is 0 Å². The number of benzene rings is 1. The molecule has 0 bridgehead atoms. The van der Waals surface area contributed by atoms with Gasteiger partial charge in [-0.05, 0) is 34.5 Å². The molecule has 2 N–H and O–H groups in total. The van der Waals surface area contributed by atoms with Crippen molar-refractivity contribution in [2.75, 3.05) is 17.3 Å². The first-order valence-corrected chi connectivity index (χ1v) is 10.2. The highest BCUT2D eigenvalue weighted by Gasteiger charge is 2.28. The lowest BCUT2D eigenvalue weighted by molar-refractivity contribution is -0.119. The van der Waals surface area contributed by atoms with Crippen molar-refractivity contribution in [2.45, 2.75) is 11.7 Å². The Hall–Kier alpha value is -1.06. The number of hydrazine groups is 1. The fraction of sp³-hybridized carbons (Fsp3) is 0.385. The third-order valence-electron chi connectivity index (χ3n) is 3.07. The van der Waals surface area contributed by atoms with Crippen LogP contribution in [0.4, 0.5) is 0 Å². The number of sulfone groups is 1. The third-order valence-corrected chi connectivity index (χ3v) is 7.05. The fourth-order valence-corrected chi connectivity index (χ4v) is 5.87. The molecule has 6 nitrogen and oxygen atoms in total.